The van der Waals surface area contributed by atoms with Crippen molar-refractivity contribution in [2.45, 2.75) is 19.4 Å². The number of benzene rings is 1. The first-order valence-corrected chi connectivity index (χ1v) is 7.18. The highest BCUT2D eigenvalue weighted by Gasteiger charge is 2.06. The minimum absolute atomic E-state index is 0.0482. The number of nitrogens with one attached hydrogen (secondary N) is 1. The summed E-state index contributed by atoms with van der Waals surface area (Å²) in [6.45, 7) is 2.02. The highest BCUT2D eigenvalue weighted by molar-refractivity contribution is 7.09. The molecule has 0 aliphatic rings. The molecule has 1 aromatic carbocycles. The summed E-state index contributed by atoms with van der Waals surface area (Å²) in [7, 11) is 0. The number of thiophene rings is 1. The lowest BCUT2D eigenvalue weighted by molar-refractivity contribution is -0.117. The fourth-order valence-electron chi connectivity index (χ4n) is 1.81. The molecule has 0 aliphatic heterocycles. The summed E-state index contributed by atoms with van der Waals surface area (Å²) in [5, 5.41) is 5.02. The predicted molar refractivity (Wildman–Crippen MR) is 81.1 cm³/mol. The van der Waals surface area contributed by atoms with Gasteiger partial charge in [-0.2, -0.15) is 0 Å². The van der Waals surface area contributed by atoms with E-state index in [1.807, 2.05) is 49.4 Å². The largest absolute Gasteiger partial charge is 0.350 e. The molecular weight excluding hydrogens is 254 g/mol. The number of carbonyl (C=O) groups is 1. The normalized spacial score (nSPS) is 12.5. The molecule has 1 atom stereocenters. The van der Waals surface area contributed by atoms with Crippen LogP contribution in [0, 0.1) is 0 Å². The SMILES string of the molecule is CC(Cc1cccs1)NC(=O)C=Cc1ccccc1. The average Bonchev–Trinajstić information content (AvgIpc) is 2.90. The summed E-state index contributed by atoms with van der Waals surface area (Å²) in [6, 6.07) is 14.1. The Kier molecular flexibility index (Phi) is 4.93. The number of hydrogen-bond acceptors (Lipinski definition) is 2. The van der Waals surface area contributed by atoms with Gasteiger partial charge in [-0.05, 0) is 30.0 Å². The number of hydrogen-bond donors (Lipinski definition) is 1. The van der Waals surface area contributed by atoms with Gasteiger partial charge in [-0.25, -0.2) is 0 Å². The Morgan fingerprint density at radius 1 is 1.26 bits per heavy atom. The molecule has 19 heavy (non-hydrogen) atoms. The summed E-state index contributed by atoms with van der Waals surface area (Å²) in [5.41, 5.74) is 1.03. The molecule has 2 rings (SSSR count). The molecule has 0 radical (unpaired) electrons. The minimum Gasteiger partial charge on any atom is -0.350 e. The van der Waals surface area contributed by atoms with Gasteiger partial charge in [0.2, 0.25) is 5.91 Å². The van der Waals surface area contributed by atoms with Crippen LogP contribution < -0.4 is 5.32 Å². The zero-order chi connectivity index (χ0) is 13.5. The van der Waals surface area contributed by atoms with Crippen molar-refractivity contribution in [1.82, 2.24) is 5.32 Å². The molecule has 98 valence electrons. The molecule has 1 N–H and O–H groups in total. The lowest BCUT2D eigenvalue weighted by Gasteiger charge is -2.10. The van der Waals surface area contributed by atoms with E-state index < -0.39 is 0 Å². The molecule has 1 aromatic heterocycles. The molecule has 1 unspecified atom stereocenters. The standard InChI is InChI=1S/C16H17NOS/c1-13(12-15-8-5-11-19-15)17-16(18)10-9-14-6-3-2-4-7-14/h2-11,13H,12H2,1H3,(H,17,18). The van der Waals surface area contributed by atoms with Crippen molar-refractivity contribution in [3.8, 4) is 0 Å². The number of rotatable bonds is 5. The molecule has 0 saturated carbocycles. The maximum absolute atomic E-state index is 11.8. The van der Waals surface area contributed by atoms with E-state index in [2.05, 4.69) is 16.8 Å². The third-order valence-corrected chi connectivity index (χ3v) is 3.60. The fraction of sp³-hybridized carbons (Fsp3) is 0.188. The molecule has 0 fully saturated rings. The van der Waals surface area contributed by atoms with Crippen molar-refractivity contribution < 1.29 is 4.79 Å². The van der Waals surface area contributed by atoms with Gasteiger partial charge in [0.15, 0.2) is 0 Å². The Hall–Kier alpha value is -1.87. The van der Waals surface area contributed by atoms with E-state index in [0.29, 0.717) is 0 Å². The van der Waals surface area contributed by atoms with Crippen LogP contribution in [-0.2, 0) is 11.2 Å². The van der Waals surface area contributed by atoms with Crippen LogP contribution in [0.5, 0.6) is 0 Å². The van der Waals surface area contributed by atoms with Crippen molar-refractivity contribution >= 4 is 23.3 Å². The first kappa shape index (κ1) is 13.6. The quantitative estimate of drug-likeness (QED) is 0.828. The van der Waals surface area contributed by atoms with E-state index in [1.54, 1.807) is 17.4 Å². The Morgan fingerprint density at radius 3 is 2.74 bits per heavy atom. The third kappa shape index (κ3) is 4.72. The predicted octanol–water partition coefficient (Wildman–Crippen LogP) is 3.51. The fourth-order valence-corrected chi connectivity index (χ4v) is 2.64. The second kappa shape index (κ2) is 6.90. The van der Waals surface area contributed by atoms with Crippen LogP contribution in [-0.4, -0.2) is 11.9 Å². The molecule has 0 saturated heterocycles. The van der Waals surface area contributed by atoms with Gasteiger partial charge in [0, 0.05) is 23.4 Å². The summed E-state index contributed by atoms with van der Waals surface area (Å²) in [4.78, 5) is 13.1. The van der Waals surface area contributed by atoms with Crippen LogP contribution in [0.4, 0.5) is 0 Å². The van der Waals surface area contributed by atoms with Gasteiger partial charge in [-0.1, -0.05) is 36.4 Å². The van der Waals surface area contributed by atoms with E-state index >= 15 is 0 Å². The summed E-state index contributed by atoms with van der Waals surface area (Å²) >= 11 is 1.72. The van der Waals surface area contributed by atoms with E-state index in [1.165, 1.54) is 4.88 Å². The van der Waals surface area contributed by atoms with E-state index in [4.69, 9.17) is 0 Å². The first-order valence-electron chi connectivity index (χ1n) is 6.30. The van der Waals surface area contributed by atoms with Crippen molar-refractivity contribution in [3.63, 3.8) is 0 Å². The van der Waals surface area contributed by atoms with Crippen LogP contribution in [0.3, 0.4) is 0 Å². The minimum atomic E-state index is -0.0482. The van der Waals surface area contributed by atoms with E-state index in [-0.39, 0.29) is 11.9 Å². The smallest absolute Gasteiger partial charge is 0.244 e. The number of amides is 1. The van der Waals surface area contributed by atoms with Crippen LogP contribution in [0.2, 0.25) is 0 Å². The molecule has 0 spiro atoms. The van der Waals surface area contributed by atoms with Crippen LogP contribution in [0.25, 0.3) is 6.08 Å². The number of carbonyl (C=O) groups excluding carboxylic acids is 1. The van der Waals surface area contributed by atoms with Crippen molar-refractivity contribution in [2.24, 2.45) is 0 Å². The maximum Gasteiger partial charge on any atom is 0.244 e. The van der Waals surface area contributed by atoms with Crippen LogP contribution in [0.1, 0.15) is 17.4 Å². The highest BCUT2D eigenvalue weighted by Crippen LogP contribution is 2.10. The molecular formula is C16H17NOS. The third-order valence-electron chi connectivity index (χ3n) is 2.70. The molecule has 2 nitrogen and oxygen atoms in total. The monoisotopic (exact) mass is 271 g/mol. The van der Waals surface area contributed by atoms with Gasteiger partial charge in [-0.15, -0.1) is 11.3 Å². The highest BCUT2D eigenvalue weighted by atomic mass is 32.1. The topological polar surface area (TPSA) is 29.1 Å². The van der Waals surface area contributed by atoms with Gasteiger partial charge >= 0.3 is 0 Å². The Bertz CT molecular complexity index is 531. The van der Waals surface area contributed by atoms with Crippen LogP contribution >= 0.6 is 11.3 Å². The van der Waals surface area contributed by atoms with Crippen molar-refractivity contribution in [1.29, 1.82) is 0 Å². The first-order chi connectivity index (χ1) is 9.24. The Balaban J connectivity index is 1.82. The van der Waals surface area contributed by atoms with Gasteiger partial charge in [0.05, 0.1) is 0 Å². The second-order valence-electron chi connectivity index (χ2n) is 4.44. The Morgan fingerprint density at radius 2 is 2.05 bits per heavy atom. The lowest BCUT2D eigenvalue weighted by Crippen LogP contribution is -2.32. The van der Waals surface area contributed by atoms with Crippen molar-refractivity contribution in [3.05, 3.63) is 64.4 Å². The summed E-state index contributed by atoms with van der Waals surface area (Å²) < 4.78 is 0. The van der Waals surface area contributed by atoms with Gasteiger partial charge in [0.25, 0.3) is 0 Å². The molecule has 3 heteroatoms. The lowest BCUT2D eigenvalue weighted by atomic mass is 10.2. The van der Waals surface area contributed by atoms with E-state index in [0.717, 1.165) is 12.0 Å². The van der Waals surface area contributed by atoms with Gasteiger partial charge < -0.3 is 5.32 Å². The zero-order valence-corrected chi connectivity index (χ0v) is 11.7. The summed E-state index contributed by atoms with van der Waals surface area (Å²) in [6.07, 6.45) is 4.29. The average molecular weight is 271 g/mol. The molecule has 1 heterocycles. The van der Waals surface area contributed by atoms with Crippen LogP contribution in [0.15, 0.2) is 53.9 Å². The molecule has 1 amide bonds. The maximum atomic E-state index is 11.8. The molecule has 0 aliphatic carbocycles. The summed E-state index contributed by atoms with van der Waals surface area (Å²) in [5.74, 6) is -0.0482. The van der Waals surface area contributed by atoms with Crippen molar-refractivity contribution in [2.75, 3.05) is 0 Å². The zero-order valence-electron chi connectivity index (χ0n) is 10.9. The van der Waals surface area contributed by atoms with E-state index in [9.17, 15) is 4.79 Å². The molecule has 0 bridgehead atoms. The molecule has 2 aromatic rings. The van der Waals surface area contributed by atoms with Gasteiger partial charge in [0.1, 0.15) is 0 Å². The van der Waals surface area contributed by atoms with Gasteiger partial charge in [-0.3, -0.25) is 4.79 Å². The second-order valence-corrected chi connectivity index (χ2v) is 5.47. The Labute approximate surface area is 117 Å².